The lowest BCUT2D eigenvalue weighted by atomic mass is 10.0. The van der Waals surface area contributed by atoms with Crippen molar-refractivity contribution in [3.05, 3.63) is 24.3 Å². The maximum Gasteiger partial charge on any atom is 0.0642 e. The second kappa shape index (κ2) is 5.61. The van der Waals surface area contributed by atoms with Crippen LogP contribution in [0.5, 0.6) is 0 Å². The first-order valence-corrected chi connectivity index (χ1v) is 6.82. The Morgan fingerprint density at radius 3 is 2.33 bits per heavy atom. The lowest BCUT2D eigenvalue weighted by Gasteiger charge is -2.30. The van der Waals surface area contributed by atoms with E-state index in [0.29, 0.717) is 0 Å². The molecule has 18 heavy (non-hydrogen) atoms. The van der Waals surface area contributed by atoms with Gasteiger partial charge in [-0.05, 0) is 44.5 Å². The van der Waals surface area contributed by atoms with Crippen molar-refractivity contribution in [2.75, 3.05) is 36.5 Å². The van der Waals surface area contributed by atoms with Crippen molar-refractivity contribution in [1.82, 2.24) is 0 Å². The fourth-order valence-corrected chi connectivity index (χ4v) is 2.06. The molecular weight excluding hydrogens is 224 g/mol. The Labute approximate surface area is 110 Å². The fourth-order valence-electron chi connectivity index (χ4n) is 2.06. The van der Waals surface area contributed by atoms with Crippen molar-refractivity contribution in [2.45, 2.75) is 32.7 Å². The van der Waals surface area contributed by atoms with Crippen LogP contribution in [0.15, 0.2) is 24.3 Å². The van der Waals surface area contributed by atoms with Crippen LogP contribution in [0, 0.1) is 0 Å². The molecule has 100 valence electrons. The molecule has 1 fully saturated rings. The normalized spacial score (nSPS) is 16.7. The second-order valence-corrected chi connectivity index (χ2v) is 5.51. The van der Waals surface area contributed by atoms with Crippen molar-refractivity contribution >= 4 is 11.4 Å². The highest BCUT2D eigenvalue weighted by atomic mass is 16.5. The Hall–Kier alpha value is -1.22. The highest BCUT2D eigenvalue weighted by Crippen LogP contribution is 2.22. The van der Waals surface area contributed by atoms with Gasteiger partial charge >= 0.3 is 0 Å². The van der Waals surface area contributed by atoms with Gasteiger partial charge in [-0.15, -0.1) is 0 Å². The highest BCUT2D eigenvalue weighted by Gasteiger charge is 2.15. The fraction of sp³-hybridized carbons (Fsp3) is 0.600. The summed E-state index contributed by atoms with van der Waals surface area (Å²) in [6.07, 6.45) is 1.11. The number of ether oxygens (including phenoxy) is 1. The minimum absolute atomic E-state index is 0.153. The molecule has 0 spiro atoms. The molecule has 2 rings (SSSR count). The van der Waals surface area contributed by atoms with Gasteiger partial charge in [-0.2, -0.15) is 0 Å². The topological polar surface area (TPSA) is 24.5 Å². The van der Waals surface area contributed by atoms with Gasteiger partial charge in [0, 0.05) is 30.0 Å². The average molecular weight is 248 g/mol. The predicted octanol–water partition coefficient (Wildman–Crippen LogP) is 3.12. The summed E-state index contributed by atoms with van der Waals surface area (Å²) in [5.41, 5.74) is 2.64. The summed E-state index contributed by atoms with van der Waals surface area (Å²) in [7, 11) is 0. The van der Waals surface area contributed by atoms with Crippen molar-refractivity contribution in [3.8, 4) is 0 Å². The third-order valence-corrected chi connectivity index (χ3v) is 3.61. The van der Waals surface area contributed by atoms with Gasteiger partial charge in [-0.3, -0.25) is 0 Å². The summed E-state index contributed by atoms with van der Waals surface area (Å²) in [4.78, 5) is 2.37. The lowest BCUT2D eigenvalue weighted by molar-refractivity contribution is 0.122. The smallest absolute Gasteiger partial charge is 0.0642 e. The maximum absolute atomic E-state index is 5.37. The molecule has 0 aromatic heterocycles. The first-order chi connectivity index (χ1) is 8.61. The predicted molar refractivity (Wildman–Crippen MR) is 77.5 cm³/mol. The molecule has 1 aromatic rings. The molecule has 1 aromatic carbocycles. The zero-order valence-corrected chi connectivity index (χ0v) is 11.7. The lowest BCUT2D eigenvalue weighted by Crippen LogP contribution is -2.36. The van der Waals surface area contributed by atoms with E-state index in [1.165, 1.54) is 11.4 Å². The quantitative estimate of drug-likeness (QED) is 0.886. The third kappa shape index (κ3) is 3.39. The molecule has 0 aliphatic carbocycles. The molecule has 0 atom stereocenters. The summed E-state index contributed by atoms with van der Waals surface area (Å²) in [6, 6.07) is 8.73. The Balaban J connectivity index is 2.00. The van der Waals surface area contributed by atoms with E-state index in [1.807, 2.05) is 0 Å². The zero-order chi connectivity index (χ0) is 13.0. The Bertz CT molecular complexity index is 367. The van der Waals surface area contributed by atoms with E-state index in [1.54, 1.807) is 0 Å². The van der Waals surface area contributed by atoms with Crippen LogP contribution < -0.4 is 10.2 Å². The summed E-state index contributed by atoms with van der Waals surface area (Å²) in [5.74, 6) is 0. The van der Waals surface area contributed by atoms with Crippen molar-refractivity contribution in [1.29, 1.82) is 0 Å². The van der Waals surface area contributed by atoms with Crippen LogP contribution >= 0.6 is 0 Å². The molecule has 1 saturated heterocycles. The van der Waals surface area contributed by atoms with Crippen LogP contribution in [0.4, 0.5) is 11.4 Å². The van der Waals surface area contributed by atoms with E-state index in [4.69, 9.17) is 4.74 Å². The van der Waals surface area contributed by atoms with Gasteiger partial charge in [0.25, 0.3) is 0 Å². The van der Waals surface area contributed by atoms with E-state index in [-0.39, 0.29) is 5.54 Å². The van der Waals surface area contributed by atoms with Gasteiger partial charge < -0.3 is 15.0 Å². The molecule has 0 bridgehead atoms. The van der Waals surface area contributed by atoms with Crippen molar-refractivity contribution in [3.63, 3.8) is 0 Å². The SMILES string of the molecule is CCC(C)(C)Nc1ccc(N2CCOCC2)cc1. The van der Waals surface area contributed by atoms with E-state index >= 15 is 0 Å². The van der Waals surface area contributed by atoms with Crippen LogP contribution in [0.25, 0.3) is 0 Å². The van der Waals surface area contributed by atoms with Crippen LogP contribution in [0.3, 0.4) is 0 Å². The standard InChI is InChI=1S/C15H24N2O/c1-4-15(2,3)16-13-5-7-14(8-6-13)17-9-11-18-12-10-17/h5-8,16H,4,9-12H2,1-3H3. The number of hydrogen-bond donors (Lipinski definition) is 1. The molecule has 0 amide bonds. The van der Waals surface area contributed by atoms with Gasteiger partial charge in [0.1, 0.15) is 0 Å². The molecule has 1 heterocycles. The Morgan fingerprint density at radius 1 is 1.17 bits per heavy atom. The maximum atomic E-state index is 5.37. The zero-order valence-electron chi connectivity index (χ0n) is 11.7. The molecule has 1 aliphatic rings. The van der Waals surface area contributed by atoms with Crippen LogP contribution in [-0.4, -0.2) is 31.8 Å². The van der Waals surface area contributed by atoms with Crippen LogP contribution in [-0.2, 0) is 4.74 Å². The number of anilines is 2. The number of nitrogens with zero attached hydrogens (tertiary/aromatic N) is 1. The monoisotopic (exact) mass is 248 g/mol. The first-order valence-electron chi connectivity index (χ1n) is 6.82. The molecule has 0 unspecified atom stereocenters. The van der Waals surface area contributed by atoms with Gasteiger partial charge in [-0.1, -0.05) is 6.92 Å². The number of hydrogen-bond acceptors (Lipinski definition) is 3. The first kappa shape index (κ1) is 13.2. The number of benzene rings is 1. The summed E-state index contributed by atoms with van der Waals surface area (Å²) >= 11 is 0. The average Bonchev–Trinajstić information content (AvgIpc) is 2.40. The number of morpholine rings is 1. The van der Waals surface area contributed by atoms with Gasteiger partial charge in [0.05, 0.1) is 13.2 Å². The van der Waals surface area contributed by atoms with E-state index in [2.05, 4.69) is 55.3 Å². The third-order valence-electron chi connectivity index (χ3n) is 3.61. The summed E-state index contributed by atoms with van der Waals surface area (Å²) in [6.45, 7) is 10.3. The van der Waals surface area contributed by atoms with Gasteiger partial charge in [-0.25, -0.2) is 0 Å². The van der Waals surface area contributed by atoms with Crippen molar-refractivity contribution < 1.29 is 4.74 Å². The molecular formula is C15H24N2O. The molecule has 1 N–H and O–H groups in total. The molecule has 3 nitrogen and oxygen atoms in total. The molecule has 3 heteroatoms. The minimum atomic E-state index is 0.153. The summed E-state index contributed by atoms with van der Waals surface area (Å²) in [5, 5.41) is 3.55. The Morgan fingerprint density at radius 2 is 1.78 bits per heavy atom. The second-order valence-electron chi connectivity index (χ2n) is 5.51. The van der Waals surface area contributed by atoms with Gasteiger partial charge in [0.15, 0.2) is 0 Å². The van der Waals surface area contributed by atoms with E-state index in [0.717, 1.165) is 32.7 Å². The molecule has 1 aliphatic heterocycles. The minimum Gasteiger partial charge on any atom is -0.380 e. The Kier molecular flexibility index (Phi) is 4.12. The van der Waals surface area contributed by atoms with Crippen LogP contribution in [0.2, 0.25) is 0 Å². The van der Waals surface area contributed by atoms with Crippen molar-refractivity contribution in [2.24, 2.45) is 0 Å². The van der Waals surface area contributed by atoms with Crippen LogP contribution in [0.1, 0.15) is 27.2 Å². The number of rotatable bonds is 4. The summed E-state index contributed by atoms with van der Waals surface area (Å²) < 4.78 is 5.37. The largest absolute Gasteiger partial charge is 0.380 e. The molecule has 0 radical (unpaired) electrons. The van der Waals surface area contributed by atoms with E-state index in [9.17, 15) is 0 Å². The number of nitrogens with one attached hydrogen (secondary N) is 1. The molecule has 0 saturated carbocycles. The van der Waals surface area contributed by atoms with E-state index < -0.39 is 0 Å². The van der Waals surface area contributed by atoms with Gasteiger partial charge in [0.2, 0.25) is 0 Å². The highest BCUT2D eigenvalue weighted by molar-refractivity contribution is 5.56.